The van der Waals surface area contributed by atoms with Crippen LogP contribution in [0.15, 0.2) is 47.5 Å². The number of halogens is 3. The quantitative estimate of drug-likeness (QED) is 0.389. The fourth-order valence-corrected chi connectivity index (χ4v) is 6.02. The second-order valence-electron chi connectivity index (χ2n) is 10.5. The van der Waals surface area contributed by atoms with Crippen LogP contribution in [0.4, 0.5) is 0 Å². The Hall–Kier alpha value is -1.88. The standard InChI is InChI=1S/C27H29Cl3N2O2/c1-16(17-5-7-18(8-6-17)24(30)33)32-25(34)23(19-13-21(28)15-22(29)14-19)31-27(32)11-9-20(10-12-27)26(2,3)4/h5-8,13-16,20H,9-12H2,1-4H3/t16-,20?,27?/m1/s1. The maximum Gasteiger partial charge on any atom is 0.275 e. The summed E-state index contributed by atoms with van der Waals surface area (Å²) in [6.07, 6.45) is 3.57. The smallest absolute Gasteiger partial charge is 0.275 e. The van der Waals surface area contributed by atoms with Gasteiger partial charge in [-0.05, 0) is 91.4 Å². The van der Waals surface area contributed by atoms with E-state index in [1.54, 1.807) is 30.3 Å². The van der Waals surface area contributed by atoms with E-state index in [1.165, 1.54) is 0 Å². The van der Waals surface area contributed by atoms with Crippen LogP contribution >= 0.6 is 34.8 Å². The third-order valence-electron chi connectivity index (χ3n) is 7.34. The van der Waals surface area contributed by atoms with Crippen molar-refractivity contribution in [3.63, 3.8) is 0 Å². The van der Waals surface area contributed by atoms with Crippen molar-refractivity contribution in [1.29, 1.82) is 0 Å². The summed E-state index contributed by atoms with van der Waals surface area (Å²) < 4.78 is 0. The monoisotopic (exact) mass is 518 g/mol. The lowest BCUT2D eigenvalue weighted by Crippen LogP contribution is -2.50. The average molecular weight is 520 g/mol. The van der Waals surface area contributed by atoms with Gasteiger partial charge < -0.3 is 4.90 Å². The summed E-state index contributed by atoms with van der Waals surface area (Å²) >= 11 is 18.1. The molecule has 1 aliphatic heterocycles. The number of carbonyl (C=O) groups is 2. The topological polar surface area (TPSA) is 49.7 Å². The molecule has 2 aromatic rings. The van der Waals surface area contributed by atoms with E-state index in [2.05, 4.69) is 20.8 Å². The number of hydrogen-bond acceptors (Lipinski definition) is 3. The lowest BCUT2D eigenvalue weighted by atomic mass is 9.69. The van der Waals surface area contributed by atoms with Crippen LogP contribution in [-0.2, 0) is 4.79 Å². The molecule has 2 aromatic carbocycles. The third kappa shape index (κ3) is 4.78. The van der Waals surface area contributed by atoms with Gasteiger partial charge in [0.25, 0.3) is 11.1 Å². The van der Waals surface area contributed by atoms with E-state index in [0.29, 0.717) is 32.8 Å². The lowest BCUT2D eigenvalue weighted by Gasteiger charge is -2.46. The van der Waals surface area contributed by atoms with Crippen LogP contribution in [0.2, 0.25) is 10.0 Å². The number of aliphatic imine (C=N–C) groups is 1. The first kappa shape index (κ1) is 25.2. The van der Waals surface area contributed by atoms with E-state index < -0.39 is 10.9 Å². The second-order valence-corrected chi connectivity index (χ2v) is 11.7. The molecule has 2 aliphatic rings. The largest absolute Gasteiger partial charge is 0.306 e. The highest BCUT2D eigenvalue weighted by Gasteiger charge is 2.52. The van der Waals surface area contributed by atoms with Crippen molar-refractivity contribution in [2.24, 2.45) is 16.3 Å². The van der Waals surface area contributed by atoms with Crippen LogP contribution in [0.5, 0.6) is 0 Å². The molecule has 0 aromatic heterocycles. The van der Waals surface area contributed by atoms with Crippen molar-refractivity contribution in [1.82, 2.24) is 4.90 Å². The Morgan fingerprint density at radius 1 is 1.06 bits per heavy atom. The molecule has 0 radical (unpaired) electrons. The van der Waals surface area contributed by atoms with Gasteiger partial charge in [0.15, 0.2) is 0 Å². The van der Waals surface area contributed by atoms with E-state index in [-0.39, 0.29) is 17.4 Å². The molecular weight excluding hydrogens is 491 g/mol. The average Bonchev–Trinajstić information content (AvgIpc) is 3.04. The van der Waals surface area contributed by atoms with Gasteiger partial charge in [-0.15, -0.1) is 0 Å². The summed E-state index contributed by atoms with van der Waals surface area (Å²) in [5.41, 5.74) is 1.97. The summed E-state index contributed by atoms with van der Waals surface area (Å²) in [6, 6.07) is 12.0. The highest BCUT2D eigenvalue weighted by atomic mass is 35.5. The van der Waals surface area contributed by atoms with Gasteiger partial charge in [-0.2, -0.15) is 0 Å². The summed E-state index contributed by atoms with van der Waals surface area (Å²) in [4.78, 5) is 32.4. The van der Waals surface area contributed by atoms with E-state index in [4.69, 9.17) is 39.8 Å². The van der Waals surface area contributed by atoms with Crippen LogP contribution in [0.3, 0.4) is 0 Å². The molecule has 0 saturated heterocycles. The molecular formula is C27H29Cl3N2O2. The van der Waals surface area contributed by atoms with Gasteiger partial charge in [0, 0.05) is 21.2 Å². The predicted octanol–water partition coefficient (Wildman–Crippen LogP) is 7.70. The number of rotatable bonds is 4. The van der Waals surface area contributed by atoms with Crippen LogP contribution in [0, 0.1) is 11.3 Å². The van der Waals surface area contributed by atoms with E-state index in [9.17, 15) is 9.59 Å². The second kappa shape index (κ2) is 9.29. The van der Waals surface area contributed by atoms with Gasteiger partial charge in [0.2, 0.25) is 0 Å². The van der Waals surface area contributed by atoms with Crippen LogP contribution in [0.25, 0.3) is 0 Å². The number of carbonyl (C=O) groups excluding carboxylic acids is 2. The molecule has 0 unspecified atom stereocenters. The molecule has 4 nitrogen and oxygen atoms in total. The molecule has 0 bridgehead atoms. The SMILES string of the molecule is C[C@H](c1ccc(C(=O)Cl)cc1)N1C(=O)C(c2cc(Cl)cc(Cl)c2)=NC12CCC(C(C)(C)C)CC2. The molecule has 1 heterocycles. The number of amides is 1. The highest BCUT2D eigenvalue weighted by Crippen LogP contribution is 2.49. The minimum absolute atomic E-state index is 0.127. The first-order valence-corrected chi connectivity index (χ1v) is 12.7. The molecule has 34 heavy (non-hydrogen) atoms. The molecule has 1 saturated carbocycles. The van der Waals surface area contributed by atoms with Gasteiger partial charge in [-0.1, -0.05) is 56.1 Å². The minimum atomic E-state index is -0.622. The zero-order valence-electron chi connectivity index (χ0n) is 19.9. The molecule has 1 atom stereocenters. The molecule has 1 amide bonds. The Morgan fingerprint density at radius 2 is 1.62 bits per heavy atom. The molecule has 7 heteroatoms. The van der Waals surface area contributed by atoms with Gasteiger partial charge >= 0.3 is 0 Å². The predicted molar refractivity (Wildman–Crippen MR) is 139 cm³/mol. The van der Waals surface area contributed by atoms with E-state index in [0.717, 1.165) is 31.2 Å². The number of benzene rings is 2. The third-order valence-corrected chi connectivity index (χ3v) is 8.00. The molecule has 0 N–H and O–H groups in total. The fraction of sp³-hybridized carbons (Fsp3) is 0.444. The van der Waals surface area contributed by atoms with Crippen molar-refractivity contribution in [2.75, 3.05) is 0 Å². The van der Waals surface area contributed by atoms with Gasteiger partial charge in [0.1, 0.15) is 11.4 Å². The van der Waals surface area contributed by atoms with E-state index >= 15 is 0 Å². The van der Waals surface area contributed by atoms with Crippen molar-refractivity contribution in [2.45, 2.75) is 65.1 Å². The normalized spacial score (nSPS) is 23.9. The molecule has 180 valence electrons. The molecule has 4 rings (SSSR count). The van der Waals surface area contributed by atoms with Gasteiger partial charge in [-0.25, -0.2) is 0 Å². The summed E-state index contributed by atoms with van der Waals surface area (Å²) in [5, 5.41) is 0.435. The van der Waals surface area contributed by atoms with Crippen LogP contribution in [-0.4, -0.2) is 27.4 Å². The Labute approximate surface area is 216 Å². The van der Waals surface area contributed by atoms with Crippen molar-refractivity contribution < 1.29 is 9.59 Å². The van der Waals surface area contributed by atoms with Gasteiger partial charge in [-0.3, -0.25) is 14.6 Å². The molecule has 1 fully saturated rings. The first-order chi connectivity index (χ1) is 15.9. The van der Waals surface area contributed by atoms with Crippen molar-refractivity contribution in [3.05, 3.63) is 69.2 Å². The zero-order valence-corrected chi connectivity index (χ0v) is 22.1. The Balaban J connectivity index is 1.74. The summed E-state index contributed by atoms with van der Waals surface area (Å²) in [7, 11) is 0. The fourth-order valence-electron chi connectivity index (χ4n) is 5.37. The summed E-state index contributed by atoms with van der Waals surface area (Å²) in [5.74, 6) is 0.441. The van der Waals surface area contributed by atoms with E-state index in [1.807, 2.05) is 24.0 Å². The summed E-state index contributed by atoms with van der Waals surface area (Å²) in [6.45, 7) is 8.84. The van der Waals surface area contributed by atoms with Crippen LogP contribution in [0.1, 0.15) is 80.9 Å². The lowest BCUT2D eigenvalue weighted by molar-refractivity contribution is -0.132. The van der Waals surface area contributed by atoms with Crippen molar-refractivity contribution >= 4 is 51.7 Å². The van der Waals surface area contributed by atoms with Gasteiger partial charge in [0.05, 0.1) is 6.04 Å². The highest BCUT2D eigenvalue weighted by molar-refractivity contribution is 6.67. The molecule has 1 spiro atoms. The Bertz CT molecular complexity index is 1120. The maximum atomic E-state index is 13.9. The van der Waals surface area contributed by atoms with Crippen molar-refractivity contribution in [3.8, 4) is 0 Å². The Morgan fingerprint density at radius 3 is 2.12 bits per heavy atom. The minimum Gasteiger partial charge on any atom is -0.306 e. The number of hydrogen-bond donors (Lipinski definition) is 0. The maximum absolute atomic E-state index is 13.9. The zero-order chi connectivity index (χ0) is 24.8. The first-order valence-electron chi connectivity index (χ1n) is 11.6. The van der Waals surface area contributed by atoms with Crippen LogP contribution < -0.4 is 0 Å². The number of nitrogens with zero attached hydrogens (tertiary/aromatic N) is 2. The Kier molecular flexibility index (Phi) is 6.89. The molecule has 1 aliphatic carbocycles.